The lowest BCUT2D eigenvalue weighted by Gasteiger charge is -2.37. The van der Waals surface area contributed by atoms with E-state index in [0.717, 1.165) is 41.4 Å². The molecule has 1 N–H and O–H groups in total. The second-order valence-electron chi connectivity index (χ2n) is 6.77. The van der Waals surface area contributed by atoms with E-state index in [0.29, 0.717) is 13.2 Å². The minimum Gasteiger partial charge on any atom is -0.323 e. The number of nitrogens with one attached hydrogen (secondary N) is 1. The zero-order valence-electron chi connectivity index (χ0n) is 14.2. The maximum Gasteiger partial charge on any atom is 0.326 e. The summed E-state index contributed by atoms with van der Waals surface area (Å²) < 4.78 is 0.756. The summed E-state index contributed by atoms with van der Waals surface area (Å²) in [6, 6.07) is 3.62. The summed E-state index contributed by atoms with van der Waals surface area (Å²) in [5, 5.41) is 3.01. The van der Waals surface area contributed by atoms with Crippen LogP contribution in [0, 0.1) is 5.92 Å². The van der Waals surface area contributed by atoms with Crippen LogP contribution >= 0.6 is 22.9 Å². The average Bonchev–Trinajstić information content (AvgIpc) is 3.06. The molecule has 5 nitrogen and oxygen atoms in total. The van der Waals surface area contributed by atoms with Gasteiger partial charge in [-0.15, -0.1) is 11.3 Å². The van der Waals surface area contributed by atoms with Crippen LogP contribution in [0.3, 0.4) is 0 Å². The number of thiophene rings is 1. The fraction of sp³-hybridized carbons (Fsp3) is 0.647. The summed E-state index contributed by atoms with van der Waals surface area (Å²) in [7, 11) is 0. The minimum atomic E-state index is -0.680. The molecule has 1 aliphatic carbocycles. The SMILES string of the molecule is CCN(Cc1ccc(Cl)s1)CN1C(=O)N[C@]2(CCCC[C@H]2C)C1=O. The first kappa shape index (κ1) is 17.7. The van der Waals surface area contributed by atoms with E-state index in [4.69, 9.17) is 11.6 Å². The quantitative estimate of drug-likeness (QED) is 0.805. The first-order chi connectivity index (χ1) is 11.5. The predicted octanol–water partition coefficient (Wildman–Crippen LogP) is 3.68. The number of halogens is 1. The maximum absolute atomic E-state index is 13.0. The molecular weight excluding hydrogens is 346 g/mol. The van der Waals surface area contributed by atoms with Crippen molar-refractivity contribution >= 4 is 34.9 Å². The first-order valence-corrected chi connectivity index (χ1v) is 9.76. The molecule has 2 fully saturated rings. The molecule has 1 aliphatic heterocycles. The van der Waals surface area contributed by atoms with Gasteiger partial charge in [-0.2, -0.15) is 0 Å². The highest BCUT2D eigenvalue weighted by atomic mass is 35.5. The molecule has 2 heterocycles. The second-order valence-corrected chi connectivity index (χ2v) is 8.57. The van der Waals surface area contributed by atoms with Gasteiger partial charge in [-0.1, -0.05) is 38.3 Å². The van der Waals surface area contributed by atoms with Crippen LogP contribution in [0.2, 0.25) is 4.34 Å². The molecule has 0 bridgehead atoms. The molecule has 1 aromatic heterocycles. The molecule has 0 aromatic carbocycles. The highest BCUT2D eigenvalue weighted by Crippen LogP contribution is 2.38. The van der Waals surface area contributed by atoms with E-state index in [-0.39, 0.29) is 17.9 Å². The van der Waals surface area contributed by atoms with E-state index in [1.54, 1.807) is 0 Å². The fourth-order valence-corrected chi connectivity index (χ4v) is 4.87. The van der Waals surface area contributed by atoms with Crippen LogP contribution in [0.4, 0.5) is 4.79 Å². The Morgan fingerprint density at radius 2 is 2.21 bits per heavy atom. The van der Waals surface area contributed by atoms with Gasteiger partial charge in [0.2, 0.25) is 0 Å². The molecule has 3 amide bonds. The molecule has 2 atom stereocenters. The lowest BCUT2D eigenvalue weighted by Crippen LogP contribution is -2.54. The molecule has 3 rings (SSSR count). The van der Waals surface area contributed by atoms with Crippen LogP contribution in [0.1, 0.15) is 44.4 Å². The number of carbonyl (C=O) groups is 2. The Hall–Kier alpha value is -1.11. The van der Waals surface area contributed by atoms with E-state index < -0.39 is 5.54 Å². The summed E-state index contributed by atoms with van der Waals surface area (Å²) in [4.78, 5) is 30.1. The van der Waals surface area contributed by atoms with Crippen LogP contribution in [0.15, 0.2) is 12.1 Å². The minimum absolute atomic E-state index is 0.0534. The Morgan fingerprint density at radius 1 is 1.42 bits per heavy atom. The smallest absolute Gasteiger partial charge is 0.323 e. The lowest BCUT2D eigenvalue weighted by molar-refractivity contribution is -0.135. The van der Waals surface area contributed by atoms with Gasteiger partial charge in [0.15, 0.2) is 0 Å². The second kappa shape index (κ2) is 7.02. The van der Waals surface area contributed by atoms with E-state index in [1.165, 1.54) is 16.2 Å². The molecule has 1 saturated heterocycles. The van der Waals surface area contributed by atoms with Gasteiger partial charge in [-0.3, -0.25) is 9.69 Å². The molecule has 1 saturated carbocycles. The van der Waals surface area contributed by atoms with Crippen LogP contribution < -0.4 is 5.32 Å². The van der Waals surface area contributed by atoms with Crippen molar-refractivity contribution in [3.05, 3.63) is 21.3 Å². The number of hydrogen-bond donors (Lipinski definition) is 1. The van der Waals surface area contributed by atoms with Crippen molar-refractivity contribution in [1.82, 2.24) is 15.1 Å². The van der Waals surface area contributed by atoms with Crippen LogP contribution in [-0.4, -0.2) is 40.5 Å². The van der Waals surface area contributed by atoms with Crippen molar-refractivity contribution in [3.8, 4) is 0 Å². The van der Waals surface area contributed by atoms with Gasteiger partial charge in [0.05, 0.1) is 11.0 Å². The normalized spacial score (nSPS) is 27.3. The highest BCUT2D eigenvalue weighted by Gasteiger charge is 2.54. The van der Waals surface area contributed by atoms with Gasteiger partial charge in [0.25, 0.3) is 5.91 Å². The number of imide groups is 1. The van der Waals surface area contributed by atoms with E-state index in [9.17, 15) is 9.59 Å². The highest BCUT2D eigenvalue weighted by molar-refractivity contribution is 7.16. The van der Waals surface area contributed by atoms with Crippen LogP contribution in [-0.2, 0) is 11.3 Å². The molecule has 7 heteroatoms. The summed E-state index contributed by atoms with van der Waals surface area (Å²) in [5.74, 6) is 0.140. The van der Waals surface area contributed by atoms with Gasteiger partial charge in [0, 0.05) is 11.4 Å². The molecule has 1 spiro atoms. The Kier molecular flexibility index (Phi) is 5.18. The topological polar surface area (TPSA) is 52.6 Å². The Labute approximate surface area is 152 Å². The van der Waals surface area contributed by atoms with Crippen molar-refractivity contribution in [2.24, 2.45) is 5.92 Å². The number of rotatable bonds is 5. The summed E-state index contributed by atoms with van der Waals surface area (Å²) >= 11 is 7.52. The van der Waals surface area contributed by atoms with Gasteiger partial charge in [-0.25, -0.2) is 9.69 Å². The third-order valence-electron chi connectivity index (χ3n) is 5.30. The molecule has 0 unspecified atom stereocenters. The largest absolute Gasteiger partial charge is 0.326 e. The Morgan fingerprint density at radius 3 is 2.83 bits per heavy atom. The molecule has 24 heavy (non-hydrogen) atoms. The van der Waals surface area contributed by atoms with Crippen molar-refractivity contribution in [2.75, 3.05) is 13.2 Å². The third-order valence-corrected chi connectivity index (χ3v) is 6.51. The van der Waals surface area contributed by atoms with Crippen molar-refractivity contribution in [2.45, 2.75) is 51.6 Å². The lowest BCUT2D eigenvalue weighted by atomic mass is 9.73. The summed E-state index contributed by atoms with van der Waals surface area (Å²) in [6.45, 7) is 5.88. The zero-order valence-corrected chi connectivity index (χ0v) is 15.8. The van der Waals surface area contributed by atoms with E-state index in [2.05, 4.69) is 17.1 Å². The number of nitrogens with zero attached hydrogens (tertiary/aromatic N) is 2. The van der Waals surface area contributed by atoms with Gasteiger partial charge >= 0.3 is 6.03 Å². The van der Waals surface area contributed by atoms with E-state index in [1.807, 2.05) is 19.1 Å². The Bertz CT molecular complexity index is 635. The predicted molar refractivity (Wildman–Crippen MR) is 96.0 cm³/mol. The summed E-state index contributed by atoms with van der Waals surface area (Å²) in [5.41, 5.74) is -0.680. The molecule has 2 aliphatic rings. The zero-order chi connectivity index (χ0) is 17.3. The molecule has 0 radical (unpaired) electrons. The van der Waals surface area contributed by atoms with Gasteiger partial charge < -0.3 is 5.32 Å². The van der Waals surface area contributed by atoms with Crippen molar-refractivity contribution in [3.63, 3.8) is 0 Å². The number of amides is 3. The van der Waals surface area contributed by atoms with Gasteiger partial charge in [-0.05, 0) is 37.4 Å². The average molecular weight is 370 g/mol. The molecule has 1 aromatic rings. The van der Waals surface area contributed by atoms with Crippen molar-refractivity contribution in [1.29, 1.82) is 0 Å². The van der Waals surface area contributed by atoms with Gasteiger partial charge in [0.1, 0.15) is 5.54 Å². The maximum atomic E-state index is 13.0. The number of hydrogen-bond acceptors (Lipinski definition) is 4. The fourth-order valence-electron chi connectivity index (χ4n) is 3.74. The Balaban J connectivity index is 1.71. The third kappa shape index (κ3) is 3.19. The molecular formula is C17H24ClN3O2S. The molecule has 132 valence electrons. The first-order valence-electron chi connectivity index (χ1n) is 8.57. The van der Waals surface area contributed by atoms with E-state index >= 15 is 0 Å². The van der Waals surface area contributed by atoms with Crippen molar-refractivity contribution < 1.29 is 9.59 Å². The number of carbonyl (C=O) groups excluding carboxylic acids is 2. The number of urea groups is 1. The van der Waals surface area contributed by atoms with Crippen LogP contribution in [0.5, 0.6) is 0 Å². The summed E-state index contributed by atoms with van der Waals surface area (Å²) in [6.07, 6.45) is 3.87. The standard InChI is InChI=1S/C17H24ClN3O2S/c1-3-20(10-13-7-8-14(18)24-13)11-21-15(22)17(19-16(21)23)9-5-4-6-12(17)2/h7-8,12H,3-6,9-11H2,1-2H3,(H,19,23)/t12-,17+/m1/s1. The monoisotopic (exact) mass is 369 g/mol. The van der Waals surface area contributed by atoms with Crippen LogP contribution in [0.25, 0.3) is 0 Å².